The Morgan fingerprint density at radius 1 is 1.00 bits per heavy atom. The Morgan fingerprint density at radius 3 is 2.54 bits per heavy atom. The van der Waals surface area contributed by atoms with E-state index in [-0.39, 0.29) is 12.5 Å². The number of benzene rings is 2. The van der Waals surface area contributed by atoms with Crippen LogP contribution in [0.5, 0.6) is 11.5 Å². The minimum Gasteiger partial charge on any atom is -0.457 e. The molecule has 3 rings (SSSR count). The molecular weight excluding hydrogens is 302 g/mol. The standard InChI is InChI=1S/C19H17N3O2/c23-19(15-22-13-4-11-20-12-14-22)21-16-7-9-18(10-8-16)24-17-5-2-1-3-6-17/h1-14H,15H2,(H,21,23). The fraction of sp³-hybridized carbons (Fsp3) is 0.0526. The van der Waals surface area contributed by atoms with Crippen molar-refractivity contribution in [1.82, 2.24) is 4.90 Å². The Hall–Kier alpha value is -3.34. The van der Waals surface area contributed by atoms with Crippen LogP contribution in [0.15, 0.2) is 84.3 Å². The van der Waals surface area contributed by atoms with E-state index in [0.717, 1.165) is 17.2 Å². The van der Waals surface area contributed by atoms with Gasteiger partial charge in [0.15, 0.2) is 0 Å². The predicted molar refractivity (Wildman–Crippen MR) is 95.1 cm³/mol. The number of anilines is 1. The molecule has 2 aromatic carbocycles. The second-order valence-corrected chi connectivity index (χ2v) is 5.10. The van der Waals surface area contributed by atoms with Gasteiger partial charge in [0.1, 0.15) is 18.0 Å². The number of rotatable bonds is 5. The van der Waals surface area contributed by atoms with Crippen LogP contribution < -0.4 is 10.1 Å². The van der Waals surface area contributed by atoms with Crippen LogP contribution >= 0.6 is 0 Å². The third-order valence-corrected chi connectivity index (χ3v) is 3.24. The number of hydrogen-bond donors (Lipinski definition) is 1. The first-order valence-electron chi connectivity index (χ1n) is 7.55. The zero-order valence-electron chi connectivity index (χ0n) is 13.0. The summed E-state index contributed by atoms with van der Waals surface area (Å²) in [5, 5.41) is 2.86. The lowest BCUT2D eigenvalue weighted by Crippen LogP contribution is -2.25. The van der Waals surface area contributed by atoms with E-state index in [1.165, 1.54) is 0 Å². The highest BCUT2D eigenvalue weighted by molar-refractivity contribution is 5.92. The summed E-state index contributed by atoms with van der Waals surface area (Å²) in [6.07, 6.45) is 8.63. The number of hydrogen-bond acceptors (Lipinski definition) is 4. The zero-order chi connectivity index (χ0) is 16.6. The molecule has 0 fully saturated rings. The van der Waals surface area contributed by atoms with Gasteiger partial charge in [0.05, 0.1) is 0 Å². The third kappa shape index (κ3) is 4.58. The van der Waals surface area contributed by atoms with Crippen LogP contribution in [0.25, 0.3) is 0 Å². The average Bonchev–Trinajstić information content (AvgIpc) is 2.86. The average molecular weight is 319 g/mol. The SMILES string of the molecule is O=C(CN1C=CC=NC=C1)Nc1ccc(Oc2ccccc2)cc1. The summed E-state index contributed by atoms with van der Waals surface area (Å²) in [6.45, 7) is 0.221. The maximum absolute atomic E-state index is 12.1. The van der Waals surface area contributed by atoms with Crippen molar-refractivity contribution in [3.8, 4) is 11.5 Å². The molecule has 0 saturated carbocycles. The van der Waals surface area contributed by atoms with Gasteiger partial charge in [-0.15, -0.1) is 0 Å². The smallest absolute Gasteiger partial charge is 0.244 e. The lowest BCUT2D eigenvalue weighted by molar-refractivity contribution is -0.116. The van der Waals surface area contributed by atoms with Crippen molar-refractivity contribution >= 4 is 17.8 Å². The minimum absolute atomic E-state index is 0.108. The summed E-state index contributed by atoms with van der Waals surface area (Å²) < 4.78 is 5.72. The van der Waals surface area contributed by atoms with Crippen molar-refractivity contribution in [3.05, 3.63) is 79.3 Å². The first kappa shape index (κ1) is 15.6. The zero-order valence-corrected chi connectivity index (χ0v) is 13.0. The van der Waals surface area contributed by atoms with E-state index in [9.17, 15) is 4.79 Å². The molecule has 0 bridgehead atoms. The number of allylic oxidation sites excluding steroid dienone is 1. The van der Waals surface area contributed by atoms with E-state index < -0.39 is 0 Å². The lowest BCUT2D eigenvalue weighted by atomic mass is 10.3. The molecule has 0 unspecified atom stereocenters. The lowest BCUT2D eigenvalue weighted by Gasteiger charge is -2.14. The first-order chi connectivity index (χ1) is 11.8. The maximum Gasteiger partial charge on any atom is 0.244 e. The Labute approximate surface area is 140 Å². The van der Waals surface area contributed by atoms with Gasteiger partial charge in [0, 0.05) is 30.5 Å². The van der Waals surface area contributed by atoms with E-state index >= 15 is 0 Å². The molecule has 5 nitrogen and oxygen atoms in total. The van der Waals surface area contributed by atoms with Crippen molar-refractivity contribution < 1.29 is 9.53 Å². The van der Waals surface area contributed by atoms with Gasteiger partial charge in [-0.25, -0.2) is 0 Å². The summed E-state index contributed by atoms with van der Waals surface area (Å²) >= 11 is 0. The van der Waals surface area contributed by atoms with Gasteiger partial charge in [-0.05, 0) is 42.5 Å². The molecule has 120 valence electrons. The van der Waals surface area contributed by atoms with E-state index in [4.69, 9.17) is 4.74 Å². The number of carbonyl (C=O) groups is 1. The molecule has 0 radical (unpaired) electrons. The van der Waals surface area contributed by atoms with Crippen LogP contribution in [0.3, 0.4) is 0 Å². The number of nitrogens with zero attached hydrogens (tertiary/aromatic N) is 2. The highest BCUT2D eigenvalue weighted by Crippen LogP contribution is 2.22. The van der Waals surface area contributed by atoms with Crippen molar-refractivity contribution in [2.24, 2.45) is 4.99 Å². The Bertz CT molecular complexity index is 749. The van der Waals surface area contributed by atoms with E-state index in [1.54, 1.807) is 35.8 Å². The summed E-state index contributed by atoms with van der Waals surface area (Å²) in [4.78, 5) is 17.8. The highest BCUT2D eigenvalue weighted by Gasteiger charge is 2.06. The molecule has 24 heavy (non-hydrogen) atoms. The second kappa shape index (κ2) is 7.78. The van der Waals surface area contributed by atoms with Crippen LogP contribution in [0, 0.1) is 0 Å². The molecule has 5 heteroatoms. The Kier molecular flexibility index (Phi) is 5.04. The van der Waals surface area contributed by atoms with E-state index in [1.807, 2.05) is 54.6 Å². The maximum atomic E-state index is 12.1. The number of ether oxygens (including phenoxy) is 1. The monoisotopic (exact) mass is 319 g/mol. The number of nitrogens with one attached hydrogen (secondary N) is 1. The van der Waals surface area contributed by atoms with Gasteiger partial charge in [0.25, 0.3) is 0 Å². The van der Waals surface area contributed by atoms with Gasteiger partial charge in [0.2, 0.25) is 5.91 Å². The van der Waals surface area contributed by atoms with E-state index in [0.29, 0.717) is 0 Å². The van der Waals surface area contributed by atoms with Crippen molar-refractivity contribution in [2.75, 3.05) is 11.9 Å². The Morgan fingerprint density at radius 2 is 1.75 bits per heavy atom. The molecule has 0 saturated heterocycles. The van der Waals surface area contributed by atoms with Crippen LogP contribution in [0.2, 0.25) is 0 Å². The van der Waals surface area contributed by atoms with Crippen molar-refractivity contribution in [3.63, 3.8) is 0 Å². The minimum atomic E-state index is -0.108. The van der Waals surface area contributed by atoms with Gasteiger partial charge in [-0.2, -0.15) is 0 Å². The third-order valence-electron chi connectivity index (χ3n) is 3.24. The number of carbonyl (C=O) groups excluding carboxylic acids is 1. The van der Waals surface area contributed by atoms with Crippen LogP contribution in [0.4, 0.5) is 5.69 Å². The van der Waals surface area contributed by atoms with Gasteiger partial charge in [-0.1, -0.05) is 18.2 Å². The van der Waals surface area contributed by atoms with Gasteiger partial charge in [-0.3, -0.25) is 9.79 Å². The summed E-state index contributed by atoms with van der Waals surface area (Å²) in [7, 11) is 0. The molecule has 0 aromatic heterocycles. The quantitative estimate of drug-likeness (QED) is 0.912. The molecule has 0 atom stereocenters. The van der Waals surface area contributed by atoms with Crippen LogP contribution in [-0.4, -0.2) is 23.6 Å². The highest BCUT2D eigenvalue weighted by atomic mass is 16.5. The van der Waals surface area contributed by atoms with Crippen LogP contribution in [0.1, 0.15) is 0 Å². The molecule has 1 amide bonds. The summed E-state index contributed by atoms with van der Waals surface area (Å²) in [6, 6.07) is 16.8. The Balaban J connectivity index is 1.55. The molecule has 1 aliphatic heterocycles. The number of aliphatic imine (C=N–C) groups is 1. The first-order valence-corrected chi connectivity index (χ1v) is 7.55. The van der Waals surface area contributed by atoms with Gasteiger partial charge < -0.3 is 15.0 Å². The molecular formula is C19H17N3O2. The molecule has 1 heterocycles. The molecule has 0 aliphatic carbocycles. The predicted octanol–water partition coefficient (Wildman–Crippen LogP) is 3.79. The largest absolute Gasteiger partial charge is 0.457 e. The molecule has 0 spiro atoms. The van der Waals surface area contributed by atoms with E-state index in [2.05, 4.69) is 10.3 Å². The fourth-order valence-electron chi connectivity index (χ4n) is 2.12. The fourth-order valence-corrected chi connectivity index (χ4v) is 2.12. The molecule has 1 N–H and O–H groups in total. The normalized spacial score (nSPS) is 12.8. The number of para-hydroxylation sites is 1. The summed E-state index contributed by atoms with van der Waals surface area (Å²) in [5.74, 6) is 1.38. The molecule has 1 aliphatic rings. The van der Waals surface area contributed by atoms with Gasteiger partial charge >= 0.3 is 0 Å². The summed E-state index contributed by atoms with van der Waals surface area (Å²) in [5.41, 5.74) is 0.722. The topological polar surface area (TPSA) is 53.9 Å². The van der Waals surface area contributed by atoms with Crippen molar-refractivity contribution in [1.29, 1.82) is 0 Å². The van der Waals surface area contributed by atoms with Crippen LogP contribution in [-0.2, 0) is 4.79 Å². The van der Waals surface area contributed by atoms with Crippen molar-refractivity contribution in [2.45, 2.75) is 0 Å². The molecule has 2 aromatic rings. The second-order valence-electron chi connectivity index (χ2n) is 5.10. The number of amides is 1.